The van der Waals surface area contributed by atoms with Gasteiger partial charge in [-0.3, -0.25) is 4.79 Å². The first kappa shape index (κ1) is 13.6. The second-order valence-corrected chi connectivity index (χ2v) is 6.27. The van der Waals surface area contributed by atoms with Crippen LogP contribution in [-0.2, 0) is 0 Å². The number of carbonyl (C=O) groups excluding carboxylic acids is 1. The van der Waals surface area contributed by atoms with Gasteiger partial charge in [-0.2, -0.15) is 0 Å². The molecule has 0 unspecified atom stereocenters. The van der Waals surface area contributed by atoms with Crippen molar-refractivity contribution in [3.05, 3.63) is 42.0 Å². The van der Waals surface area contributed by atoms with Crippen molar-refractivity contribution in [1.82, 2.24) is 0 Å². The molecule has 2 rings (SSSR count). The second-order valence-electron chi connectivity index (χ2n) is 6.27. The third kappa shape index (κ3) is 3.34. The minimum Gasteiger partial charge on any atom is -0.398 e. The summed E-state index contributed by atoms with van der Waals surface area (Å²) in [6, 6.07) is 11.8. The van der Waals surface area contributed by atoms with Crippen LogP contribution in [-0.4, -0.2) is 5.78 Å². The summed E-state index contributed by atoms with van der Waals surface area (Å²) in [4.78, 5) is 12.3. The predicted octanol–water partition coefficient (Wildman–Crippen LogP) is 4.43. The van der Waals surface area contributed by atoms with Crippen LogP contribution in [0.4, 0.5) is 5.69 Å². The Kier molecular flexibility index (Phi) is 3.61. The Bertz CT molecular complexity index is 608. The highest BCUT2D eigenvalue weighted by atomic mass is 16.1. The van der Waals surface area contributed by atoms with Crippen LogP contribution in [0.3, 0.4) is 0 Å². The number of Topliss-reactive ketones (excluding diaryl/α,β-unsaturated/α-hetero) is 1. The third-order valence-electron chi connectivity index (χ3n) is 3.32. The van der Waals surface area contributed by atoms with Gasteiger partial charge in [0.25, 0.3) is 0 Å². The summed E-state index contributed by atoms with van der Waals surface area (Å²) < 4.78 is 0. The maximum absolute atomic E-state index is 12.3. The fourth-order valence-corrected chi connectivity index (χ4v) is 2.12. The Morgan fingerprint density at radius 2 is 1.68 bits per heavy atom. The Hall–Kier alpha value is -1.83. The standard InChI is InChI=1S/C17H21NO/c1-17(2,3)9-8-16(19)14-10-12-6-4-5-7-13(12)11-15(14)18/h4-7,10-11H,8-9,18H2,1-3H3. The third-order valence-corrected chi connectivity index (χ3v) is 3.32. The van der Waals surface area contributed by atoms with E-state index in [0.717, 1.165) is 17.2 Å². The Morgan fingerprint density at radius 3 is 2.26 bits per heavy atom. The second kappa shape index (κ2) is 5.04. The van der Waals surface area contributed by atoms with E-state index in [1.807, 2.05) is 36.4 Å². The smallest absolute Gasteiger partial charge is 0.164 e. The number of nitrogens with two attached hydrogens (primary N) is 1. The van der Waals surface area contributed by atoms with Crippen molar-refractivity contribution >= 4 is 22.2 Å². The van der Waals surface area contributed by atoms with E-state index in [4.69, 9.17) is 5.73 Å². The highest BCUT2D eigenvalue weighted by Crippen LogP contribution is 2.26. The molecule has 2 N–H and O–H groups in total. The fraction of sp³-hybridized carbons (Fsp3) is 0.353. The van der Waals surface area contributed by atoms with Crippen molar-refractivity contribution in [2.24, 2.45) is 5.41 Å². The van der Waals surface area contributed by atoms with Crippen LogP contribution in [0.1, 0.15) is 44.0 Å². The van der Waals surface area contributed by atoms with Gasteiger partial charge in [0.15, 0.2) is 5.78 Å². The first-order valence-electron chi connectivity index (χ1n) is 6.68. The quantitative estimate of drug-likeness (QED) is 0.651. The summed E-state index contributed by atoms with van der Waals surface area (Å²) in [6.07, 6.45) is 1.42. The van der Waals surface area contributed by atoms with Gasteiger partial charge in [-0.05, 0) is 34.7 Å². The zero-order valence-electron chi connectivity index (χ0n) is 11.9. The first-order valence-corrected chi connectivity index (χ1v) is 6.68. The molecule has 19 heavy (non-hydrogen) atoms. The number of hydrogen-bond acceptors (Lipinski definition) is 2. The molecule has 0 atom stereocenters. The largest absolute Gasteiger partial charge is 0.398 e. The van der Waals surface area contributed by atoms with Gasteiger partial charge in [0.2, 0.25) is 0 Å². The van der Waals surface area contributed by atoms with E-state index < -0.39 is 0 Å². The lowest BCUT2D eigenvalue weighted by atomic mass is 9.88. The summed E-state index contributed by atoms with van der Waals surface area (Å²) in [5, 5.41) is 2.14. The summed E-state index contributed by atoms with van der Waals surface area (Å²) in [5.74, 6) is 0.137. The number of hydrogen-bond donors (Lipinski definition) is 1. The number of ketones is 1. The number of benzene rings is 2. The highest BCUT2D eigenvalue weighted by molar-refractivity contribution is 6.05. The Balaban J connectivity index is 2.29. The van der Waals surface area contributed by atoms with E-state index in [0.29, 0.717) is 17.7 Å². The number of fused-ring (bicyclic) bond motifs is 1. The number of nitrogen functional groups attached to an aromatic ring is 1. The topological polar surface area (TPSA) is 43.1 Å². The maximum atomic E-state index is 12.3. The maximum Gasteiger partial charge on any atom is 0.164 e. The van der Waals surface area contributed by atoms with Crippen molar-refractivity contribution in [2.45, 2.75) is 33.6 Å². The molecule has 0 fully saturated rings. The van der Waals surface area contributed by atoms with Gasteiger partial charge in [0.05, 0.1) is 0 Å². The molecule has 2 nitrogen and oxygen atoms in total. The van der Waals surface area contributed by atoms with Gasteiger partial charge in [-0.15, -0.1) is 0 Å². The molecule has 0 saturated heterocycles. The lowest BCUT2D eigenvalue weighted by Crippen LogP contribution is -2.10. The summed E-state index contributed by atoms with van der Waals surface area (Å²) >= 11 is 0. The van der Waals surface area contributed by atoms with E-state index in [2.05, 4.69) is 20.8 Å². The van der Waals surface area contributed by atoms with Crippen LogP contribution in [0.15, 0.2) is 36.4 Å². The van der Waals surface area contributed by atoms with Crippen molar-refractivity contribution in [1.29, 1.82) is 0 Å². The zero-order valence-corrected chi connectivity index (χ0v) is 11.9. The van der Waals surface area contributed by atoms with Crippen LogP contribution >= 0.6 is 0 Å². The highest BCUT2D eigenvalue weighted by Gasteiger charge is 2.16. The minimum atomic E-state index is 0.137. The van der Waals surface area contributed by atoms with Crippen molar-refractivity contribution in [3.8, 4) is 0 Å². The summed E-state index contributed by atoms with van der Waals surface area (Å²) in [5.41, 5.74) is 7.41. The van der Waals surface area contributed by atoms with E-state index in [1.165, 1.54) is 0 Å². The van der Waals surface area contributed by atoms with Gasteiger partial charge in [0.1, 0.15) is 0 Å². The molecule has 0 bridgehead atoms. The molecule has 0 amide bonds. The van der Waals surface area contributed by atoms with Gasteiger partial charge in [0, 0.05) is 17.7 Å². The summed E-state index contributed by atoms with van der Waals surface area (Å²) in [6.45, 7) is 6.43. The molecule has 0 aromatic heterocycles. The van der Waals surface area contributed by atoms with Crippen LogP contribution in [0, 0.1) is 5.41 Å². The van der Waals surface area contributed by atoms with Gasteiger partial charge >= 0.3 is 0 Å². The molecule has 100 valence electrons. The lowest BCUT2D eigenvalue weighted by Gasteiger charge is -2.17. The van der Waals surface area contributed by atoms with Crippen LogP contribution < -0.4 is 5.73 Å². The number of carbonyl (C=O) groups is 1. The zero-order chi connectivity index (χ0) is 14.0. The molecule has 2 aromatic carbocycles. The molecule has 0 spiro atoms. The average Bonchev–Trinajstić information content (AvgIpc) is 2.34. The molecule has 0 aliphatic heterocycles. The van der Waals surface area contributed by atoms with Crippen LogP contribution in [0.25, 0.3) is 10.8 Å². The molecular weight excluding hydrogens is 234 g/mol. The molecule has 0 radical (unpaired) electrons. The normalized spacial score (nSPS) is 11.7. The van der Waals surface area contributed by atoms with Gasteiger partial charge in [-0.1, -0.05) is 45.0 Å². The van der Waals surface area contributed by atoms with Crippen molar-refractivity contribution in [3.63, 3.8) is 0 Å². The molecular formula is C17H21NO. The molecule has 0 saturated carbocycles. The summed E-state index contributed by atoms with van der Waals surface area (Å²) in [7, 11) is 0. The lowest BCUT2D eigenvalue weighted by molar-refractivity contribution is 0.0967. The Labute approximate surface area is 114 Å². The van der Waals surface area contributed by atoms with Crippen molar-refractivity contribution in [2.75, 3.05) is 5.73 Å². The Morgan fingerprint density at radius 1 is 1.11 bits per heavy atom. The molecule has 0 aliphatic carbocycles. The van der Waals surface area contributed by atoms with E-state index >= 15 is 0 Å². The van der Waals surface area contributed by atoms with Gasteiger partial charge < -0.3 is 5.73 Å². The molecule has 0 heterocycles. The fourth-order valence-electron chi connectivity index (χ4n) is 2.12. The predicted molar refractivity (Wildman–Crippen MR) is 81.4 cm³/mol. The van der Waals surface area contributed by atoms with Crippen molar-refractivity contribution < 1.29 is 4.79 Å². The van der Waals surface area contributed by atoms with E-state index in [-0.39, 0.29) is 11.2 Å². The first-order chi connectivity index (χ1) is 8.87. The van der Waals surface area contributed by atoms with E-state index in [1.54, 1.807) is 0 Å². The van der Waals surface area contributed by atoms with Crippen LogP contribution in [0.5, 0.6) is 0 Å². The molecule has 0 aliphatic rings. The number of anilines is 1. The molecule has 2 aromatic rings. The monoisotopic (exact) mass is 255 g/mol. The van der Waals surface area contributed by atoms with Crippen LogP contribution in [0.2, 0.25) is 0 Å². The number of rotatable bonds is 3. The average molecular weight is 255 g/mol. The molecule has 2 heteroatoms. The SMILES string of the molecule is CC(C)(C)CCC(=O)c1cc2ccccc2cc1N. The van der Waals surface area contributed by atoms with E-state index in [9.17, 15) is 4.79 Å². The van der Waals surface area contributed by atoms with Gasteiger partial charge in [-0.25, -0.2) is 0 Å². The minimum absolute atomic E-state index is 0.137.